The summed E-state index contributed by atoms with van der Waals surface area (Å²) in [6.07, 6.45) is 2.39. The molecule has 0 saturated carbocycles. The number of hydrogen-bond acceptors (Lipinski definition) is 7. The number of fused-ring (bicyclic) bond motifs is 1. The number of nitrogens with zero attached hydrogens (tertiary/aromatic N) is 5. The van der Waals surface area contributed by atoms with Crippen LogP contribution in [-0.2, 0) is 20.9 Å². The molecule has 2 N–H and O–H groups in total. The highest BCUT2D eigenvalue weighted by Crippen LogP contribution is 2.12. The first-order chi connectivity index (χ1) is 13.0. The normalized spacial score (nSPS) is 11.3. The quantitative estimate of drug-likeness (QED) is 0.697. The van der Waals surface area contributed by atoms with Crippen molar-refractivity contribution in [3.63, 3.8) is 0 Å². The average molecular weight is 392 g/mol. The van der Waals surface area contributed by atoms with E-state index in [9.17, 15) is 14.4 Å². The van der Waals surface area contributed by atoms with Crippen LogP contribution in [0.1, 0.15) is 26.5 Å². The van der Waals surface area contributed by atoms with Crippen molar-refractivity contribution in [3.05, 3.63) is 18.2 Å². The third-order valence-electron chi connectivity index (χ3n) is 3.59. The smallest absolute Gasteiger partial charge is 0.407 e. The van der Waals surface area contributed by atoms with Gasteiger partial charge in [0, 0.05) is 19.3 Å². The van der Waals surface area contributed by atoms with Crippen LogP contribution in [-0.4, -0.2) is 73.0 Å². The summed E-state index contributed by atoms with van der Waals surface area (Å²) in [6.45, 7) is 6.41. The number of aryl methyl sites for hydroxylation is 1. The number of carboxylic acids is 1. The molecule has 0 unspecified atom stereocenters. The lowest BCUT2D eigenvalue weighted by molar-refractivity contribution is -0.144. The van der Waals surface area contributed by atoms with Crippen molar-refractivity contribution in [2.75, 3.05) is 19.6 Å². The van der Waals surface area contributed by atoms with Gasteiger partial charge < -0.3 is 20.1 Å². The molecule has 0 radical (unpaired) electrons. The molecule has 2 heterocycles. The number of carbonyl (C=O) groups is 3. The van der Waals surface area contributed by atoms with Crippen LogP contribution in [0.3, 0.4) is 0 Å². The number of amides is 2. The van der Waals surface area contributed by atoms with Gasteiger partial charge in [0.25, 0.3) is 0 Å². The van der Waals surface area contributed by atoms with Crippen LogP contribution in [0.2, 0.25) is 0 Å². The van der Waals surface area contributed by atoms with Gasteiger partial charge in [-0.15, -0.1) is 0 Å². The summed E-state index contributed by atoms with van der Waals surface area (Å²) in [7, 11) is 0. The van der Waals surface area contributed by atoms with Crippen LogP contribution in [0.4, 0.5) is 4.79 Å². The molecule has 0 fully saturated rings. The van der Waals surface area contributed by atoms with Crippen LogP contribution in [0.25, 0.3) is 11.0 Å². The summed E-state index contributed by atoms with van der Waals surface area (Å²) in [5.74, 6) is -1.61. The van der Waals surface area contributed by atoms with Gasteiger partial charge in [-0.1, -0.05) is 0 Å². The zero-order valence-corrected chi connectivity index (χ0v) is 16.3. The lowest BCUT2D eigenvalue weighted by atomic mass is 10.2. The van der Waals surface area contributed by atoms with Gasteiger partial charge in [0.15, 0.2) is 5.65 Å². The third kappa shape index (κ3) is 6.18. The van der Waals surface area contributed by atoms with Crippen LogP contribution in [0, 0.1) is 6.92 Å². The standard InChI is InChI=1S/C17H24N6O5/c1-11-12-7-23(21-15(12)20-10-19-11)8-13(24)22(9-14(25)26)6-5-18-16(27)28-17(2,3)4/h7,10H,5-6,8-9H2,1-4H3,(H,18,27)(H,25,26). The maximum atomic E-state index is 12.5. The second kappa shape index (κ2) is 8.63. The third-order valence-corrected chi connectivity index (χ3v) is 3.59. The molecule has 0 bridgehead atoms. The molecule has 152 valence electrons. The second-order valence-electron chi connectivity index (χ2n) is 7.16. The lowest BCUT2D eigenvalue weighted by Crippen LogP contribution is -2.43. The molecule has 0 aliphatic heterocycles. The van der Waals surface area contributed by atoms with Gasteiger partial charge >= 0.3 is 12.1 Å². The summed E-state index contributed by atoms with van der Waals surface area (Å²) in [5, 5.41) is 16.5. The van der Waals surface area contributed by atoms with Crippen LogP contribution >= 0.6 is 0 Å². The van der Waals surface area contributed by atoms with Gasteiger partial charge in [0.2, 0.25) is 5.91 Å². The minimum Gasteiger partial charge on any atom is -0.480 e. The molecule has 0 aliphatic carbocycles. The van der Waals surface area contributed by atoms with E-state index in [0.29, 0.717) is 11.0 Å². The fourth-order valence-electron chi connectivity index (χ4n) is 2.38. The van der Waals surface area contributed by atoms with Crippen LogP contribution < -0.4 is 5.32 Å². The number of nitrogens with one attached hydrogen (secondary N) is 1. The van der Waals surface area contributed by atoms with E-state index in [0.717, 1.165) is 10.6 Å². The van der Waals surface area contributed by atoms with Gasteiger partial charge in [-0.25, -0.2) is 14.8 Å². The van der Waals surface area contributed by atoms with Gasteiger partial charge in [0.1, 0.15) is 25.0 Å². The number of carboxylic acid groups (broad SMARTS) is 1. The van der Waals surface area contributed by atoms with Gasteiger partial charge in [-0.2, -0.15) is 5.10 Å². The average Bonchev–Trinajstić information content (AvgIpc) is 2.95. The monoisotopic (exact) mass is 392 g/mol. The number of rotatable bonds is 7. The molecule has 11 heteroatoms. The van der Waals surface area contributed by atoms with E-state index >= 15 is 0 Å². The first-order valence-corrected chi connectivity index (χ1v) is 8.66. The Morgan fingerprint density at radius 2 is 2.00 bits per heavy atom. The maximum Gasteiger partial charge on any atom is 0.407 e. The van der Waals surface area contributed by atoms with E-state index in [1.54, 1.807) is 33.9 Å². The predicted molar refractivity (Wildman–Crippen MR) is 98.5 cm³/mol. The largest absolute Gasteiger partial charge is 0.480 e. The fourth-order valence-corrected chi connectivity index (χ4v) is 2.38. The van der Waals surface area contributed by atoms with Gasteiger partial charge in [-0.05, 0) is 27.7 Å². The molecule has 0 aliphatic rings. The highest BCUT2D eigenvalue weighted by molar-refractivity contribution is 5.82. The minimum absolute atomic E-state index is 0.0179. The molecule has 28 heavy (non-hydrogen) atoms. The number of aromatic nitrogens is 4. The van der Waals surface area contributed by atoms with E-state index < -0.39 is 30.1 Å². The van der Waals surface area contributed by atoms with Gasteiger partial charge in [-0.3, -0.25) is 14.3 Å². The molecule has 2 amide bonds. The fraction of sp³-hybridized carbons (Fsp3) is 0.529. The molecular weight excluding hydrogens is 368 g/mol. The highest BCUT2D eigenvalue weighted by atomic mass is 16.6. The summed E-state index contributed by atoms with van der Waals surface area (Å²) in [6, 6.07) is 0. The Kier molecular flexibility index (Phi) is 6.49. The highest BCUT2D eigenvalue weighted by Gasteiger charge is 2.20. The maximum absolute atomic E-state index is 12.5. The Bertz CT molecular complexity index is 873. The van der Waals surface area contributed by atoms with E-state index in [-0.39, 0.29) is 19.6 Å². The number of aliphatic carboxylic acids is 1. The first-order valence-electron chi connectivity index (χ1n) is 8.66. The number of hydrogen-bond donors (Lipinski definition) is 2. The molecule has 0 saturated heterocycles. The second-order valence-corrected chi connectivity index (χ2v) is 7.16. The molecule has 2 rings (SSSR count). The number of carbonyl (C=O) groups excluding carboxylic acids is 2. The summed E-state index contributed by atoms with van der Waals surface area (Å²) in [5.41, 5.74) is 0.536. The lowest BCUT2D eigenvalue weighted by Gasteiger charge is -2.22. The Labute approximate surface area is 161 Å². The zero-order valence-electron chi connectivity index (χ0n) is 16.3. The molecule has 0 atom stereocenters. The number of alkyl carbamates (subject to hydrolysis) is 1. The molecular formula is C17H24N6O5. The van der Waals surface area contributed by atoms with E-state index in [4.69, 9.17) is 9.84 Å². The Morgan fingerprint density at radius 1 is 1.29 bits per heavy atom. The Balaban J connectivity index is 1.98. The zero-order chi connectivity index (χ0) is 20.9. The van der Waals surface area contributed by atoms with Crippen molar-refractivity contribution in [2.45, 2.75) is 39.8 Å². The van der Waals surface area contributed by atoms with Crippen molar-refractivity contribution in [3.8, 4) is 0 Å². The Hall–Kier alpha value is -3.24. The summed E-state index contributed by atoms with van der Waals surface area (Å²) < 4.78 is 6.50. The molecule has 0 aromatic carbocycles. The topological polar surface area (TPSA) is 140 Å². The minimum atomic E-state index is -1.15. The van der Waals surface area contributed by atoms with Crippen molar-refractivity contribution in [1.29, 1.82) is 0 Å². The first kappa shape index (κ1) is 21.1. The molecule has 0 spiro atoms. The molecule has 11 nitrogen and oxygen atoms in total. The van der Waals surface area contributed by atoms with E-state index in [1.165, 1.54) is 11.0 Å². The van der Waals surface area contributed by atoms with Gasteiger partial charge in [0.05, 0.1) is 11.1 Å². The summed E-state index contributed by atoms with van der Waals surface area (Å²) >= 11 is 0. The Morgan fingerprint density at radius 3 is 2.61 bits per heavy atom. The molecule has 2 aromatic heterocycles. The SMILES string of the molecule is Cc1ncnc2nn(CC(=O)N(CCNC(=O)OC(C)(C)C)CC(=O)O)cc12. The predicted octanol–water partition coefficient (Wildman–Crippen LogP) is 0.573. The van der Waals surface area contributed by atoms with Crippen molar-refractivity contribution >= 4 is 29.0 Å². The van der Waals surface area contributed by atoms with Crippen molar-refractivity contribution in [1.82, 2.24) is 30.0 Å². The van der Waals surface area contributed by atoms with E-state index in [1.807, 2.05) is 0 Å². The molecule has 2 aromatic rings. The van der Waals surface area contributed by atoms with Crippen LogP contribution in [0.15, 0.2) is 12.5 Å². The van der Waals surface area contributed by atoms with Crippen molar-refractivity contribution < 1.29 is 24.2 Å². The summed E-state index contributed by atoms with van der Waals surface area (Å²) in [4.78, 5) is 44.5. The van der Waals surface area contributed by atoms with Crippen LogP contribution in [0.5, 0.6) is 0 Å². The van der Waals surface area contributed by atoms with E-state index in [2.05, 4.69) is 20.4 Å². The van der Waals surface area contributed by atoms with Crippen molar-refractivity contribution in [2.24, 2.45) is 0 Å². The number of ether oxygens (including phenoxy) is 1.